The number of nitrogens with zero attached hydrogens (tertiary/aromatic N) is 3. The lowest BCUT2D eigenvalue weighted by molar-refractivity contribution is -0.384. The van der Waals surface area contributed by atoms with Crippen LogP contribution in [0.4, 0.5) is 5.69 Å². The number of hydrogen-bond acceptors (Lipinski definition) is 7. The number of nitro groups is 1. The highest BCUT2D eigenvalue weighted by molar-refractivity contribution is 5.95. The molecule has 0 radical (unpaired) electrons. The van der Waals surface area contributed by atoms with E-state index in [0.29, 0.717) is 24.6 Å². The fourth-order valence-electron chi connectivity index (χ4n) is 2.03. The van der Waals surface area contributed by atoms with Crippen molar-refractivity contribution in [2.45, 2.75) is 39.0 Å². The maximum atomic E-state index is 11.9. The van der Waals surface area contributed by atoms with E-state index in [-0.39, 0.29) is 23.6 Å². The number of aryl methyl sites for hydroxylation is 1. The fraction of sp³-hybridized carbons (Fsp3) is 0.375. The molecule has 0 unspecified atom stereocenters. The van der Waals surface area contributed by atoms with E-state index in [9.17, 15) is 19.7 Å². The van der Waals surface area contributed by atoms with Crippen LogP contribution in [0.15, 0.2) is 28.8 Å². The second-order valence-corrected chi connectivity index (χ2v) is 5.86. The number of hydrogen-bond donors (Lipinski definition) is 2. The number of benzene rings is 1. The lowest BCUT2D eigenvalue weighted by Gasteiger charge is -2.07. The van der Waals surface area contributed by atoms with Crippen LogP contribution in [-0.4, -0.2) is 26.9 Å². The zero-order valence-corrected chi connectivity index (χ0v) is 14.4. The van der Waals surface area contributed by atoms with Gasteiger partial charge in [-0.1, -0.05) is 25.1 Å². The highest BCUT2D eigenvalue weighted by Gasteiger charge is 2.13. The lowest BCUT2D eigenvalue weighted by atomic mass is 10.2. The zero-order valence-electron chi connectivity index (χ0n) is 14.4. The molecule has 2 aromatic rings. The Bertz CT molecular complexity index is 802. The number of non-ortho nitro benzene ring substituents is 1. The van der Waals surface area contributed by atoms with Gasteiger partial charge in [0.1, 0.15) is 0 Å². The fourth-order valence-corrected chi connectivity index (χ4v) is 2.03. The Balaban J connectivity index is 1.75. The molecular weight excluding hydrogens is 342 g/mol. The van der Waals surface area contributed by atoms with Crippen molar-refractivity contribution in [3.63, 3.8) is 0 Å². The van der Waals surface area contributed by atoms with E-state index in [2.05, 4.69) is 21.0 Å². The molecule has 2 N–H and O–H groups in total. The van der Waals surface area contributed by atoms with Crippen molar-refractivity contribution in [1.29, 1.82) is 0 Å². The Labute approximate surface area is 149 Å². The zero-order chi connectivity index (χ0) is 19.1. The molecule has 2 amide bonds. The summed E-state index contributed by atoms with van der Waals surface area (Å²) < 4.78 is 5.08. The van der Waals surface area contributed by atoms with E-state index in [4.69, 9.17) is 4.52 Å². The number of carbonyl (C=O) groups is 2. The lowest BCUT2D eigenvalue weighted by Crippen LogP contribution is -2.41. The van der Waals surface area contributed by atoms with E-state index in [1.54, 1.807) is 0 Å². The van der Waals surface area contributed by atoms with Crippen molar-refractivity contribution in [3.8, 4) is 0 Å². The van der Waals surface area contributed by atoms with Gasteiger partial charge in [0, 0.05) is 36.5 Å². The SMILES string of the molecule is CC(C)c1noc(CCCC(=O)NNC(=O)c2cccc([N+](=O)[O-])c2)n1. The molecule has 10 nitrogen and oxygen atoms in total. The quantitative estimate of drug-likeness (QED) is 0.566. The van der Waals surface area contributed by atoms with Gasteiger partial charge in [-0.05, 0) is 12.5 Å². The second kappa shape index (κ2) is 8.70. The summed E-state index contributed by atoms with van der Waals surface area (Å²) in [5.74, 6) is 0.212. The van der Waals surface area contributed by atoms with Gasteiger partial charge in [-0.25, -0.2) is 0 Å². The summed E-state index contributed by atoms with van der Waals surface area (Å²) in [5, 5.41) is 14.5. The molecule has 1 aromatic heterocycles. The van der Waals surface area contributed by atoms with E-state index in [0.717, 1.165) is 6.07 Å². The largest absolute Gasteiger partial charge is 0.339 e. The number of carbonyl (C=O) groups excluding carboxylic acids is 2. The third-order valence-corrected chi connectivity index (χ3v) is 3.43. The topological polar surface area (TPSA) is 140 Å². The molecule has 0 bridgehead atoms. The predicted octanol–water partition coefficient (Wildman–Crippen LogP) is 1.89. The average Bonchev–Trinajstić information content (AvgIpc) is 3.09. The first kappa shape index (κ1) is 19.0. The Morgan fingerprint density at radius 3 is 2.73 bits per heavy atom. The van der Waals surface area contributed by atoms with Gasteiger partial charge >= 0.3 is 0 Å². The third kappa shape index (κ3) is 5.36. The molecule has 10 heteroatoms. The number of nitrogens with one attached hydrogen (secondary N) is 2. The third-order valence-electron chi connectivity index (χ3n) is 3.43. The number of nitro benzene ring substituents is 1. The van der Waals surface area contributed by atoms with Gasteiger partial charge in [-0.15, -0.1) is 0 Å². The van der Waals surface area contributed by atoms with Crippen LogP contribution in [0.25, 0.3) is 0 Å². The first-order chi connectivity index (χ1) is 12.4. The van der Waals surface area contributed by atoms with Gasteiger partial charge in [-0.2, -0.15) is 4.98 Å². The first-order valence-corrected chi connectivity index (χ1v) is 8.03. The van der Waals surface area contributed by atoms with E-state index in [1.807, 2.05) is 13.8 Å². The van der Waals surface area contributed by atoms with Crippen LogP contribution in [0.3, 0.4) is 0 Å². The van der Waals surface area contributed by atoms with Crippen LogP contribution >= 0.6 is 0 Å². The minimum absolute atomic E-state index is 0.0755. The summed E-state index contributed by atoms with van der Waals surface area (Å²) in [5.41, 5.74) is 4.36. The first-order valence-electron chi connectivity index (χ1n) is 8.03. The molecule has 0 aliphatic carbocycles. The monoisotopic (exact) mass is 361 g/mol. The summed E-state index contributed by atoms with van der Waals surface area (Å²) in [6.45, 7) is 3.90. The summed E-state index contributed by atoms with van der Waals surface area (Å²) in [6.07, 6.45) is 1.07. The second-order valence-electron chi connectivity index (χ2n) is 5.86. The molecule has 26 heavy (non-hydrogen) atoms. The Morgan fingerprint density at radius 1 is 1.31 bits per heavy atom. The van der Waals surface area contributed by atoms with Gasteiger partial charge in [0.05, 0.1) is 4.92 Å². The van der Waals surface area contributed by atoms with Crippen LogP contribution in [-0.2, 0) is 11.2 Å². The van der Waals surface area contributed by atoms with Crippen LogP contribution < -0.4 is 10.9 Å². The summed E-state index contributed by atoms with van der Waals surface area (Å²) in [4.78, 5) is 38.0. The van der Waals surface area contributed by atoms with Crippen molar-refractivity contribution >= 4 is 17.5 Å². The Hall–Kier alpha value is -3.30. The van der Waals surface area contributed by atoms with Crippen LogP contribution in [0.1, 0.15) is 54.7 Å². The summed E-state index contributed by atoms with van der Waals surface area (Å²) in [6, 6.07) is 5.21. The molecule has 0 aliphatic heterocycles. The molecule has 0 saturated heterocycles. The highest BCUT2D eigenvalue weighted by Crippen LogP contribution is 2.13. The molecule has 1 heterocycles. The minimum Gasteiger partial charge on any atom is -0.339 e. The number of aromatic nitrogens is 2. The van der Waals surface area contributed by atoms with Crippen molar-refractivity contribution in [2.24, 2.45) is 0 Å². The maximum absolute atomic E-state index is 11.9. The molecular formula is C16H19N5O5. The number of rotatable bonds is 7. The van der Waals surface area contributed by atoms with E-state index >= 15 is 0 Å². The molecule has 0 spiro atoms. The van der Waals surface area contributed by atoms with Crippen molar-refractivity contribution in [1.82, 2.24) is 21.0 Å². The van der Waals surface area contributed by atoms with Crippen LogP contribution in [0.2, 0.25) is 0 Å². The highest BCUT2D eigenvalue weighted by atomic mass is 16.6. The molecule has 0 aliphatic rings. The van der Waals surface area contributed by atoms with Gasteiger partial charge in [0.25, 0.3) is 11.6 Å². The maximum Gasteiger partial charge on any atom is 0.270 e. The average molecular weight is 361 g/mol. The smallest absolute Gasteiger partial charge is 0.270 e. The molecule has 0 saturated carbocycles. The Morgan fingerprint density at radius 2 is 2.08 bits per heavy atom. The minimum atomic E-state index is -0.638. The number of amides is 2. The van der Waals surface area contributed by atoms with Gasteiger partial charge in [0.2, 0.25) is 11.8 Å². The molecule has 1 aromatic carbocycles. The predicted molar refractivity (Wildman–Crippen MR) is 90.0 cm³/mol. The molecule has 0 fully saturated rings. The van der Waals surface area contributed by atoms with Crippen molar-refractivity contribution in [2.75, 3.05) is 0 Å². The Kier molecular flexibility index (Phi) is 6.36. The van der Waals surface area contributed by atoms with Crippen molar-refractivity contribution < 1.29 is 19.0 Å². The van der Waals surface area contributed by atoms with Crippen molar-refractivity contribution in [3.05, 3.63) is 51.7 Å². The molecule has 138 valence electrons. The van der Waals surface area contributed by atoms with E-state index < -0.39 is 16.7 Å². The summed E-state index contributed by atoms with van der Waals surface area (Å²) in [7, 11) is 0. The van der Waals surface area contributed by atoms with Gasteiger partial charge in [-0.3, -0.25) is 30.6 Å². The number of hydrazine groups is 1. The van der Waals surface area contributed by atoms with Gasteiger partial charge in [0.15, 0.2) is 5.82 Å². The van der Waals surface area contributed by atoms with Crippen LogP contribution in [0, 0.1) is 10.1 Å². The normalized spacial score (nSPS) is 10.6. The van der Waals surface area contributed by atoms with Crippen LogP contribution in [0.5, 0.6) is 0 Å². The molecule has 0 atom stereocenters. The van der Waals surface area contributed by atoms with E-state index in [1.165, 1.54) is 18.2 Å². The standard InChI is InChI=1S/C16H19N5O5/c1-10(2)15-17-14(26-20-15)8-4-7-13(22)18-19-16(23)11-5-3-6-12(9-11)21(24)25/h3,5-6,9-10H,4,7-8H2,1-2H3,(H,18,22)(H,19,23). The summed E-state index contributed by atoms with van der Waals surface area (Å²) >= 11 is 0. The van der Waals surface area contributed by atoms with Gasteiger partial charge < -0.3 is 4.52 Å². The molecule has 2 rings (SSSR count).